The summed E-state index contributed by atoms with van der Waals surface area (Å²) in [5.41, 5.74) is 0. The van der Waals surface area contributed by atoms with Gasteiger partial charge < -0.3 is 0 Å². The SMILES string of the molecule is N#CCN1CCN(S(=O)(=O)c2cc(F)ccc2F)CC1. The molecule has 8 heteroatoms. The van der Waals surface area contributed by atoms with E-state index in [1.165, 1.54) is 0 Å². The van der Waals surface area contributed by atoms with Crippen molar-refractivity contribution in [2.75, 3.05) is 32.7 Å². The van der Waals surface area contributed by atoms with E-state index in [1.807, 2.05) is 6.07 Å². The van der Waals surface area contributed by atoms with Gasteiger partial charge in [0.25, 0.3) is 0 Å². The second kappa shape index (κ2) is 5.83. The molecule has 1 saturated heterocycles. The van der Waals surface area contributed by atoms with Crippen molar-refractivity contribution in [1.29, 1.82) is 5.26 Å². The summed E-state index contributed by atoms with van der Waals surface area (Å²) in [6.45, 7) is 1.32. The first kappa shape index (κ1) is 14.8. The predicted molar refractivity (Wildman–Crippen MR) is 67.2 cm³/mol. The molecule has 108 valence electrons. The predicted octanol–water partition coefficient (Wildman–Crippen LogP) is 0.795. The highest BCUT2D eigenvalue weighted by Gasteiger charge is 2.30. The van der Waals surface area contributed by atoms with Crippen LogP contribution in [0.5, 0.6) is 0 Å². The Morgan fingerprint density at radius 1 is 1.20 bits per heavy atom. The van der Waals surface area contributed by atoms with Gasteiger partial charge in [0.15, 0.2) is 0 Å². The quantitative estimate of drug-likeness (QED) is 0.775. The minimum Gasteiger partial charge on any atom is -0.288 e. The van der Waals surface area contributed by atoms with Crippen LogP contribution in [0.4, 0.5) is 8.78 Å². The normalized spacial score (nSPS) is 17.9. The van der Waals surface area contributed by atoms with E-state index in [9.17, 15) is 17.2 Å². The topological polar surface area (TPSA) is 64.4 Å². The lowest BCUT2D eigenvalue weighted by atomic mass is 10.3. The van der Waals surface area contributed by atoms with Crippen molar-refractivity contribution in [3.05, 3.63) is 29.8 Å². The van der Waals surface area contributed by atoms with E-state index >= 15 is 0 Å². The van der Waals surface area contributed by atoms with Gasteiger partial charge in [-0.1, -0.05) is 0 Å². The van der Waals surface area contributed by atoms with Crippen molar-refractivity contribution in [2.45, 2.75) is 4.90 Å². The van der Waals surface area contributed by atoms with Gasteiger partial charge in [-0.2, -0.15) is 9.57 Å². The molecule has 0 amide bonds. The maximum absolute atomic E-state index is 13.6. The van der Waals surface area contributed by atoms with Crippen LogP contribution in [0, 0.1) is 23.0 Å². The maximum Gasteiger partial charge on any atom is 0.246 e. The molecular formula is C12H13F2N3O2S. The Labute approximate surface area is 116 Å². The van der Waals surface area contributed by atoms with Crippen LogP contribution in [0.15, 0.2) is 23.1 Å². The van der Waals surface area contributed by atoms with Gasteiger partial charge in [0.2, 0.25) is 10.0 Å². The van der Waals surface area contributed by atoms with E-state index in [4.69, 9.17) is 5.26 Å². The summed E-state index contributed by atoms with van der Waals surface area (Å²) in [7, 11) is -4.04. The third-order valence-electron chi connectivity index (χ3n) is 3.14. The smallest absolute Gasteiger partial charge is 0.246 e. The molecule has 1 aromatic carbocycles. The van der Waals surface area contributed by atoms with Crippen molar-refractivity contribution in [2.24, 2.45) is 0 Å². The van der Waals surface area contributed by atoms with Gasteiger partial charge in [-0.25, -0.2) is 17.2 Å². The van der Waals surface area contributed by atoms with Crippen LogP contribution in [0.1, 0.15) is 0 Å². The fourth-order valence-corrected chi connectivity index (χ4v) is 3.54. The second-order valence-corrected chi connectivity index (χ2v) is 6.32. The zero-order valence-electron chi connectivity index (χ0n) is 10.6. The Hall–Kier alpha value is -1.56. The second-order valence-electron chi connectivity index (χ2n) is 4.41. The molecule has 0 spiro atoms. The summed E-state index contributed by atoms with van der Waals surface area (Å²) in [5, 5.41) is 8.57. The van der Waals surface area contributed by atoms with Gasteiger partial charge in [-0.15, -0.1) is 0 Å². The van der Waals surface area contributed by atoms with Gasteiger partial charge in [0.05, 0.1) is 12.6 Å². The summed E-state index contributed by atoms with van der Waals surface area (Å²) in [5.74, 6) is -1.76. The van der Waals surface area contributed by atoms with E-state index in [0.717, 1.165) is 16.4 Å². The van der Waals surface area contributed by atoms with Crippen molar-refractivity contribution in [3.8, 4) is 6.07 Å². The maximum atomic E-state index is 13.6. The lowest BCUT2D eigenvalue weighted by Crippen LogP contribution is -2.48. The molecule has 5 nitrogen and oxygen atoms in total. The number of hydrogen-bond acceptors (Lipinski definition) is 4. The molecule has 0 aromatic heterocycles. The van der Waals surface area contributed by atoms with Crippen LogP contribution in [0.2, 0.25) is 0 Å². The van der Waals surface area contributed by atoms with E-state index in [2.05, 4.69) is 0 Å². The highest BCUT2D eigenvalue weighted by molar-refractivity contribution is 7.89. The molecule has 0 atom stereocenters. The standard InChI is InChI=1S/C12H13F2N3O2S/c13-10-1-2-11(14)12(9-10)20(18,19)17-7-5-16(4-3-15)6-8-17/h1-2,9H,4-8H2. The molecule has 20 heavy (non-hydrogen) atoms. The van der Waals surface area contributed by atoms with E-state index in [0.29, 0.717) is 19.2 Å². The number of nitrogens with zero attached hydrogens (tertiary/aromatic N) is 3. The molecule has 0 radical (unpaired) electrons. The lowest BCUT2D eigenvalue weighted by Gasteiger charge is -2.32. The van der Waals surface area contributed by atoms with Crippen LogP contribution in [0.3, 0.4) is 0 Å². The molecular weight excluding hydrogens is 288 g/mol. The fourth-order valence-electron chi connectivity index (χ4n) is 2.04. The Morgan fingerprint density at radius 2 is 1.85 bits per heavy atom. The summed E-state index contributed by atoms with van der Waals surface area (Å²) in [6, 6.07) is 4.35. The molecule has 1 aliphatic heterocycles. The molecule has 0 saturated carbocycles. The Morgan fingerprint density at radius 3 is 2.45 bits per heavy atom. The third kappa shape index (κ3) is 2.95. The highest BCUT2D eigenvalue weighted by atomic mass is 32.2. The molecule has 0 bridgehead atoms. The first-order valence-corrected chi connectivity index (χ1v) is 7.43. The zero-order chi connectivity index (χ0) is 14.8. The van der Waals surface area contributed by atoms with E-state index in [-0.39, 0.29) is 19.6 Å². The van der Waals surface area contributed by atoms with Crippen LogP contribution in [-0.2, 0) is 10.0 Å². The number of halogens is 2. The van der Waals surface area contributed by atoms with Crippen LogP contribution in [0.25, 0.3) is 0 Å². The summed E-state index contributed by atoms with van der Waals surface area (Å²) < 4.78 is 52.3. The monoisotopic (exact) mass is 301 g/mol. The molecule has 0 N–H and O–H groups in total. The van der Waals surface area contributed by atoms with Crippen molar-refractivity contribution in [1.82, 2.24) is 9.21 Å². The van der Waals surface area contributed by atoms with Crippen LogP contribution in [-0.4, -0.2) is 50.3 Å². The molecule has 1 aliphatic rings. The first-order chi connectivity index (χ1) is 9.45. The van der Waals surface area contributed by atoms with Gasteiger partial charge in [0, 0.05) is 26.2 Å². The minimum atomic E-state index is -4.04. The average Bonchev–Trinajstić information content (AvgIpc) is 2.42. The average molecular weight is 301 g/mol. The summed E-state index contributed by atoms with van der Waals surface area (Å²) in [6.07, 6.45) is 0. The summed E-state index contributed by atoms with van der Waals surface area (Å²) in [4.78, 5) is 1.15. The molecule has 0 aliphatic carbocycles. The van der Waals surface area contributed by atoms with Gasteiger partial charge >= 0.3 is 0 Å². The number of benzene rings is 1. The molecule has 0 unspecified atom stereocenters. The summed E-state index contributed by atoms with van der Waals surface area (Å²) >= 11 is 0. The zero-order valence-corrected chi connectivity index (χ0v) is 11.4. The molecule has 1 fully saturated rings. The minimum absolute atomic E-state index is 0.153. The fraction of sp³-hybridized carbons (Fsp3) is 0.417. The van der Waals surface area contributed by atoms with E-state index < -0.39 is 26.6 Å². The number of piperazine rings is 1. The van der Waals surface area contributed by atoms with Crippen LogP contribution >= 0.6 is 0 Å². The third-order valence-corrected chi connectivity index (χ3v) is 5.05. The van der Waals surface area contributed by atoms with Crippen LogP contribution < -0.4 is 0 Å². The highest BCUT2D eigenvalue weighted by Crippen LogP contribution is 2.21. The number of nitriles is 1. The molecule has 1 aromatic rings. The largest absolute Gasteiger partial charge is 0.288 e. The number of rotatable bonds is 3. The lowest BCUT2D eigenvalue weighted by molar-refractivity contribution is 0.206. The first-order valence-electron chi connectivity index (χ1n) is 5.99. The molecule has 2 rings (SSSR count). The van der Waals surface area contributed by atoms with Gasteiger partial charge in [-0.3, -0.25) is 4.90 Å². The van der Waals surface area contributed by atoms with E-state index in [1.54, 1.807) is 4.90 Å². The Bertz CT molecular complexity index is 635. The van der Waals surface area contributed by atoms with Gasteiger partial charge in [0.1, 0.15) is 16.5 Å². The van der Waals surface area contributed by atoms with Crippen molar-refractivity contribution in [3.63, 3.8) is 0 Å². The Balaban J connectivity index is 2.20. The van der Waals surface area contributed by atoms with Crippen molar-refractivity contribution >= 4 is 10.0 Å². The number of hydrogen-bond donors (Lipinski definition) is 0. The Kier molecular flexibility index (Phi) is 4.32. The molecule has 1 heterocycles. The van der Waals surface area contributed by atoms with Crippen molar-refractivity contribution < 1.29 is 17.2 Å². The van der Waals surface area contributed by atoms with Gasteiger partial charge in [-0.05, 0) is 18.2 Å². The number of sulfonamides is 1.